The molecule has 0 aliphatic rings. The second-order valence-corrected chi connectivity index (χ2v) is 8.17. The molecule has 9 heteroatoms. The van der Waals surface area contributed by atoms with Crippen LogP contribution in [0.5, 0.6) is 0 Å². The number of halogens is 3. The van der Waals surface area contributed by atoms with Gasteiger partial charge in [0.05, 0.1) is 27.8 Å². The second kappa shape index (κ2) is 8.27. The summed E-state index contributed by atoms with van der Waals surface area (Å²) in [7, 11) is -3.64. The molecule has 0 aliphatic heterocycles. The number of anilines is 1. The van der Waals surface area contributed by atoms with Gasteiger partial charge in [-0.1, -0.05) is 34.8 Å². The van der Waals surface area contributed by atoms with Crippen LogP contribution in [0.25, 0.3) is 0 Å². The lowest BCUT2D eigenvalue weighted by atomic mass is 10.2. The molecule has 0 unspecified atom stereocenters. The Kier molecular flexibility index (Phi) is 6.57. The van der Waals surface area contributed by atoms with Gasteiger partial charge in [0.2, 0.25) is 0 Å². The van der Waals surface area contributed by atoms with Crippen LogP contribution in [-0.4, -0.2) is 26.9 Å². The quantitative estimate of drug-likeness (QED) is 0.685. The second-order valence-electron chi connectivity index (χ2n) is 4.93. The molecule has 0 saturated heterocycles. The first kappa shape index (κ1) is 19.8. The van der Waals surface area contributed by atoms with Crippen LogP contribution in [0.15, 0.2) is 41.3 Å². The first-order valence-corrected chi connectivity index (χ1v) is 9.91. The van der Waals surface area contributed by atoms with Crippen LogP contribution in [-0.2, 0) is 14.6 Å². The molecule has 0 bridgehead atoms. The van der Waals surface area contributed by atoms with Crippen molar-refractivity contribution in [3.63, 3.8) is 0 Å². The van der Waals surface area contributed by atoms with Gasteiger partial charge in [-0.15, -0.1) is 0 Å². The zero-order valence-electron chi connectivity index (χ0n) is 13.1. The van der Waals surface area contributed by atoms with Crippen LogP contribution < -0.4 is 5.32 Å². The maximum absolute atomic E-state index is 12.4. The van der Waals surface area contributed by atoms with E-state index in [0.29, 0.717) is 5.02 Å². The number of ether oxygens (including phenoxy) is 1. The minimum atomic E-state index is -3.64. The Bertz CT molecular complexity index is 883. The largest absolute Gasteiger partial charge is 0.462 e. The smallest absolute Gasteiger partial charge is 0.339 e. The maximum Gasteiger partial charge on any atom is 0.339 e. The van der Waals surface area contributed by atoms with Crippen LogP contribution >= 0.6 is 34.8 Å². The van der Waals surface area contributed by atoms with Gasteiger partial charge in [-0.05, 0) is 43.3 Å². The van der Waals surface area contributed by atoms with Gasteiger partial charge in [0.1, 0.15) is 5.88 Å². The fourth-order valence-corrected chi connectivity index (χ4v) is 3.63. The summed E-state index contributed by atoms with van der Waals surface area (Å²) in [5.74, 6) is -1.07. The highest BCUT2D eigenvalue weighted by molar-refractivity contribution is 7.91. The van der Waals surface area contributed by atoms with Crippen LogP contribution in [0.1, 0.15) is 17.3 Å². The predicted octanol–water partition coefficient (Wildman–Crippen LogP) is 4.67. The third kappa shape index (κ3) is 5.01. The van der Waals surface area contributed by atoms with Crippen LogP contribution in [0.3, 0.4) is 0 Å². The standard InChI is InChI=1S/C16H14Cl3NO4S/c1-2-24-16(21)13-7-11(18)8-14(15(13)19)20-9-25(22,23)12-5-3-10(17)4-6-12/h3-8,20H,2,9H2,1H3. The van der Waals surface area contributed by atoms with E-state index in [1.807, 2.05) is 0 Å². The van der Waals surface area contributed by atoms with Crippen molar-refractivity contribution in [2.24, 2.45) is 0 Å². The number of rotatable bonds is 6. The summed E-state index contributed by atoms with van der Waals surface area (Å²) in [5.41, 5.74) is 0.275. The van der Waals surface area contributed by atoms with Crippen molar-refractivity contribution in [2.45, 2.75) is 11.8 Å². The molecular weight excluding hydrogens is 409 g/mol. The van der Waals surface area contributed by atoms with Gasteiger partial charge < -0.3 is 10.1 Å². The van der Waals surface area contributed by atoms with Gasteiger partial charge >= 0.3 is 5.97 Å². The molecule has 2 aromatic carbocycles. The SMILES string of the molecule is CCOC(=O)c1cc(Cl)cc(NCS(=O)(=O)c2ccc(Cl)cc2)c1Cl. The van der Waals surface area contributed by atoms with Gasteiger partial charge in [-0.2, -0.15) is 0 Å². The lowest BCUT2D eigenvalue weighted by Gasteiger charge is -2.13. The molecule has 0 aliphatic carbocycles. The van der Waals surface area contributed by atoms with E-state index in [9.17, 15) is 13.2 Å². The molecule has 0 aromatic heterocycles. The highest BCUT2D eigenvalue weighted by atomic mass is 35.5. The van der Waals surface area contributed by atoms with Gasteiger partial charge in [0.25, 0.3) is 0 Å². The normalized spacial score (nSPS) is 11.2. The molecule has 0 radical (unpaired) electrons. The topological polar surface area (TPSA) is 72.5 Å². The average molecular weight is 423 g/mol. The first-order valence-electron chi connectivity index (χ1n) is 7.13. The number of hydrogen-bond acceptors (Lipinski definition) is 5. The maximum atomic E-state index is 12.4. The zero-order chi connectivity index (χ0) is 18.6. The molecule has 134 valence electrons. The Morgan fingerprint density at radius 3 is 2.32 bits per heavy atom. The molecule has 25 heavy (non-hydrogen) atoms. The monoisotopic (exact) mass is 421 g/mol. The number of hydrogen-bond donors (Lipinski definition) is 1. The summed E-state index contributed by atoms with van der Waals surface area (Å²) >= 11 is 17.9. The van der Waals surface area contributed by atoms with E-state index in [0.717, 1.165) is 0 Å². The predicted molar refractivity (Wildman–Crippen MR) is 99.5 cm³/mol. The van der Waals surface area contributed by atoms with E-state index in [1.54, 1.807) is 6.92 Å². The minimum absolute atomic E-state index is 0.0363. The van der Waals surface area contributed by atoms with Crippen molar-refractivity contribution in [2.75, 3.05) is 17.8 Å². The van der Waals surface area contributed by atoms with Crippen LogP contribution in [0.2, 0.25) is 15.1 Å². The summed E-state index contributed by atoms with van der Waals surface area (Å²) in [4.78, 5) is 12.0. The number of benzene rings is 2. The van der Waals surface area contributed by atoms with Crippen molar-refractivity contribution in [1.82, 2.24) is 0 Å². The summed E-state index contributed by atoms with van der Waals surface area (Å²) in [6.45, 7) is 1.84. The van der Waals surface area contributed by atoms with Crippen molar-refractivity contribution in [1.29, 1.82) is 0 Å². The molecule has 0 fully saturated rings. The molecule has 1 N–H and O–H groups in total. The van der Waals surface area contributed by atoms with Crippen molar-refractivity contribution < 1.29 is 17.9 Å². The number of carbonyl (C=O) groups excluding carboxylic acids is 1. The highest BCUT2D eigenvalue weighted by Gasteiger charge is 2.19. The van der Waals surface area contributed by atoms with Crippen molar-refractivity contribution in [3.8, 4) is 0 Å². The Labute approximate surface area is 160 Å². The molecule has 0 saturated carbocycles. The lowest BCUT2D eigenvalue weighted by molar-refractivity contribution is 0.0526. The average Bonchev–Trinajstić information content (AvgIpc) is 2.56. The number of carbonyl (C=O) groups is 1. The van der Waals surface area contributed by atoms with Gasteiger partial charge in [0.15, 0.2) is 9.84 Å². The Morgan fingerprint density at radius 2 is 1.72 bits per heavy atom. The van der Waals surface area contributed by atoms with Gasteiger partial charge in [0, 0.05) is 10.0 Å². The summed E-state index contributed by atoms with van der Waals surface area (Å²) < 4.78 is 29.6. The third-order valence-corrected chi connectivity index (χ3v) is 5.55. The fourth-order valence-electron chi connectivity index (χ4n) is 1.97. The first-order chi connectivity index (χ1) is 11.7. The number of esters is 1. The summed E-state index contributed by atoms with van der Waals surface area (Å²) in [5, 5.41) is 3.39. The highest BCUT2D eigenvalue weighted by Crippen LogP contribution is 2.31. The molecule has 5 nitrogen and oxygen atoms in total. The Balaban J connectivity index is 2.25. The minimum Gasteiger partial charge on any atom is -0.462 e. The van der Waals surface area contributed by atoms with Crippen LogP contribution in [0.4, 0.5) is 5.69 Å². The van der Waals surface area contributed by atoms with E-state index in [4.69, 9.17) is 39.5 Å². The molecule has 2 aromatic rings. The van der Waals surface area contributed by atoms with Crippen LogP contribution in [0, 0.1) is 0 Å². The molecule has 0 heterocycles. The molecule has 0 spiro atoms. The van der Waals surface area contributed by atoms with Crippen molar-refractivity contribution in [3.05, 3.63) is 57.0 Å². The van der Waals surface area contributed by atoms with Crippen molar-refractivity contribution >= 4 is 56.3 Å². The number of sulfone groups is 1. The Hall–Kier alpha value is -1.47. The lowest BCUT2D eigenvalue weighted by Crippen LogP contribution is -2.16. The van der Waals surface area contributed by atoms with E-state index in [1.165, 1.54) is 36.4 Å². The van der Waals surface area contributed by atoms with Gasteiger partial charge in [-0.3, -0.25) is 0 Å². The Morgan fingerprint density at radius 1 is 1.08 bits per heavy atom. The third-order valence-electron chi connectivity index (χ3n) is 3.16. The van der Waals surface area contributed by atoms with E-state index in [2.05, 4.69) is 5.32 Å². The summed E-state index contributed by atoms with van der Waals surface area (Å²) in [6, 6.07) is 8.58. The summed E-state index contributed by atoms with van der Waals surface area (Å²) in [6.07, 6.45) is 0. The molecular formula is C16H14Cl3NO4S. The van der Waals surface area contributed by atoms with E-state index in [-0.39, 0.29) is 32.8 Å². The molecule has 0 amide bonds. The zero-order valence-corrected chi connectivity index (χ0v) is 16.1. The number of nitrogens with one attached hydrogen (secondary N) is 1. The van der Waals surface area contributed by atoms with Gasteiger partial charge in [-0.25, -0.2) is 13.2 Å². The van der Waals surface area contributed by atoms with E-state index >= 15 is 0 Å². The molecule has 2 rings (SSSR count). The molecule has 0 atom stereocenters. The fraction of sp³-hybridized carbons (Fsp3) is 0.188. The van der Waals surface area contributed by atoms with E-state index < -0.39 is 21.7 Å².